The van der Waals surface area contributed by atoms with Crippen LogP contribution in [0.25, 0.3) is 0 Å². The number of aliphatic hydroxyl groups excluding tert-OH is 1. The summed E-state index contributed by atoms with van der Waals surface area (Å²) in [6, 6.07) is 22.2. The van der Waals surface area contributed by atoms with E-state index in [4.69, 9.17) is 0 Å². The molecule has 3 rings (SSSR count). The van der Waals surface area contributed by atoms with E-state index in [0.29, 0.717) is 12.1 Å². The van der Waals surface area contributed by atoms with Crippen LogP contribution in [0.2, 0.25) is 0 Å². The number of anilines is 1. The SMILES string of the molecule is OCCCC(NC1CCN(c2ccccc2)CC1)c1ccccc1. The first-order chi connectivity index (χ1) is 11.9. The van der Waals surface area contributed by atoms with Crippen LogP contribution in [0.3, 0.4) is 0 Å². The van der Waals surface area contributed by atoms with E-state index in [9.17, 15) is 5.11 Å². The Morgan fingerprint density at radius 1 is 0.958 bits per heavy atom. The first kappa shape index (κ1) is 17.0. The molecule has 24 heavy (non-hydrogen) atoms. The zero-order valence-electron chi connectivity index (χ0n) is 14.3. The van der Waals surface area contributed by atoms with Gasteiger partial charge in [-0.3, -0.25) is 0 Å². The Balaban J connectivity index is 1.56. The molecule has 2 aromatic rings. The van der Waals surface area contributed by atoms with Crippen molar-refractivity contribution in [3.63, 3.8) is 0 Å². The van der Waals surface area contributed by atoms with E-state index in [0.717, 1.165) is 38.8 Å². The van der Waals surface area contributed by atoms with Crippen LogP contribution in [0.4, 0.5) is 5.69 Å². The van der Waals surface area contributed by atoms with E-state index < -0.39 is 0 Å². The number of benzene rings is 2. The number of nitrogens with one attached hydrogen (secondary N) is 1. The molecule has 1 unspecified atom stereocenters. The zero-order chi connectivity index (χ0) is 16.6. The highest BCUT2D eigenvalue weighted by Gasteiger charge is 2.22. The number of para-hydroxylation sites is 1. The molecule has 2 aromatic carbocycles. The molecule has 0 aliphatic carbocycles. The Kier molecular flexibility index (Phi) is 6.27. The highest BCUT2D eigenvalue weighted by molar-refractivity contribution is 5.46. The highest BCUT2D eigenvalue weighted by Crippen LogP contribution is 2.24. The van der Waals surface area contributed by atoms with Crippen LogP contribution in [0.1, 0.15) is 37.3 Å². The molecule has 1 heterocycles. The lowest BCUT2D eigenvalue weighted by Gasteiger charge is -2.36. The van der Waals surface area contributed by atoms with Gasteiger partial charge in [0.1, 0.15) is 0 Å². The van der Waals surface area contributed by atoms with E-state index in [-0.39, 0.29) is 6.61 Å². The summed E-state index contributed by atoms with van der Waals surface area (Å²) < 4.78 is 0. The second kappa shape index (κ2) is 8.86. The minimum absolute atomic E-state index is 0.261. The Labute approximate surface area is 145 Å². The van der Waals surface area contributed by atoms with Crippen molar-refractivity contribution >= 4 is 5.69 Å². The molecule has 3 heteroatoms. The van der Waals surface area contributed by atoms with Crippen LogP contribution in [-0.2, 0) is 0 Å². The third kappa shape index (κ3) is 4.59. The van der Waals surface area contributed by atoms with Crippen LogP contribution in [-0.4, -0.2) is 30.8 Å². The Morgan fingerprint density at radius 3 is 2.21 bits per heavy atom. The molecule has 0 amide bonds. The van der Waals surface area contributed by atoms with Crippen LogP contribution < -0.4 is 10.2 Å². The van der Waals surface area contributed by atoms with Gasteiger partial charge in [-0.15, -0.1) is 0 Å². The fourth-order valence-electron chi connectivity index (χ4n) is 3.55. The van der Waals surface area contributed by atoms with Gasteiger partial charge in [-0.2, -0.15) is 0 Å². The maximum Gasteiger partial charge on any atom is 0.0431 e. The van der Waals surface area contributed by atoms with Gasteiger partial charge in [0.25, 0.3) is 0 Å². The predicted octanol–water partition coefficient (Wildman–Crippen LogP) is 3.76. The molecule has 2 N–H and O–H groups in total. The summed E-state index contributed by atoms with van der Waals surface area (Å²) in [6.07, 6.45) is 4.16. The number of rotatable bonds is 7. The van der Waals surface area contributed by atoms with Crippen molar-refractivity contribution in [1.82, 2.24) is 5.32 Å². The number of hydrogen-bond donors (Lipinski definition) is 2. The molecule has 0 radical (unpaired) electrons. The lowest BCUT2D eigenvalue weighted by molar-refractivity contribution is 0.267. The van der Waals surface area contributed by atoms with E-state index in [1.165, 1.54) is 11.3 Å². The van der Waals surface area contributed by atoms with Crippen molar-refractivity contribution < 1.29 is 5.11 Å². The van der Waals surface area contributed by atoms with E-state index in [2.05, 4.69) is 70.9 Å². The molecular weight excluding hydrogens is 296 g/mol. The first-order valence-electron chi connectivity index (χ1n) is 9.08. The standard InChI is InChI=1S/C21H28N2O/c24-17-7-12-21(18-8-3-1-4-9-18)22-19-13-15-23(16-14-19)20-10-5-2-6-11-20/h1-6,8-11,19,21-22,24H,7,12-17H2. The fraction of sp³-hybridized carbons (Fsp3) is 0.429. The summed E-state index contributed by atoms with van der Waals surface area (Å²) in [5.74, 6) is 0. The topological polar surface area (TPSA) is 35.5 Å². The molecular formula is C21H28N2O. The average Bonchev–Trinajstić information content (AvgIpc) is 2.67. The van der Waals surface area contributed by atoms with Crippen molar-refractivity contribution in [1.29, 1.82) is 0 Å². The van der Waals surface area contributed by atoms with Crippen LogP contribution in [0.15, 0.2) is 60.7 Å². The number of nitrogens with zero attached hydrogens (tertiary/aromatic N) is 1. The molecule has 3 nitrogen and oxygen atoms in total. The highest BCUT2D eigenvalue weighted by atomic mass is 16.2. The van der Waals surface area contributed by atoms with Crippen molar-refractivity contribution in [2.45, 2.75) is 37.8 Å². The molecule has 0 aromatic heterocycles. The molecule has 128 valence electrons. The molecule has 1 saturated heterocycles. The average molecular weight is 324 g/mol. The van der Waals surface area contributed by atoms with E-state index in [1.807, 2.05) is 0 Å². The van der Waals surface area contributed by atoms with Gasteiger partial charge >= 0.3 is 0 Å². The predicted molar refractivity (Wildman–Crippen MR) is 100 cm³/mol. The summed E-state index contributed by atoms with van der Waals surface area (Å²) in [5.41, 5.74) is 2.66. The summed E-state index contributed by atoms with van der Waals surface area (Å²) in [4.78, 5) is 2.48. The summed E-state index contributed by atoms with van der Waals surface area (Å²) in [6.45, 7) is 2.46. The lowest BCUT2D eigenvalue weighted by atomic mass is 9.97. The van der Waals surface area contributed by atoms with Gasteiger partial charge in [0.15, 0.2) is 0 Å². The summed E-state index contributed by atoms with van der Waals surface area (Å²) >= 11 is 0. The Bertz CT molecular complexity index is 579. The van der Waals surface area contributed by atoms with Gasteiger partial charge < -0.3 is 15.3 Å². The van der Waals surface area contributed by atoms with Crippen molar-refractivity contribution in [2.24, 2.45) is 0 Å². The molecule has 1 aliphatic rings. The number of hydrogen-bond acceptors (Lipinski definition) is 3. The third-order valence-electron chi connectivity index (χ3n) is 4.91. The minimum atomic E-state index is 0.261. The van der Waals surface area contributed by atoms with Crippen molar-refractivity contribution in [3.05, 3.63) is 66.2 Å². The molecule has 0 saturated carbocycles. The molecule has 1 atom stereocenters. The van der Waals surface area contributed by atoms with Crippen molar-refractivity contribution in [3.8, 4) is 0 Å². The monoisotopic (exact) mass is 324 g/mol. The fourth-order valence-corrected chi connectivity index (χ4v) is 3.55. The lowest BCUT2D eigenvalue weighted by Crippen LogP contribution is -2.43. The quantitative estimate of drug-likeness (QED) is 0.814. The van der Waals surface area contributed by atoms with Gasteiger partial charge in [0, 0.05) is 37.5 Å². The van der Waals surface area contributed by atoms with Gasteiger partial charge in [-0.25, -0.2) is 0 Å². The number of aliphatic hydroxyl groups is 1. The summed E-state index contributed by atoms with van der Waals surface area (Å²) in [7, 11) is 0. The molecule has 1 fully saturated rings. The van der Waals surface area contributed by atoms with Crippen LogP contribution in [0.5, 0.6) is 0 Å². The van der Waals surface area contributed by atoms with Gasteiger partial charge in [-0.1, -0.05) is 48.5 Å². The van der Waals surface area contributed by atoms with Gasteiger partial charge in [-0.05, 0) is 43.4 Å². The molecule has 1 aliphatic heterocycles. The van der Waals surface area contributed by atoms with Crippen LogP contribution >= 0.6 is 0 Å². The van der Waals surface area contributed by atoms with Gasteiger partial charge in [0.2, 0.25) is 0 Å². The maximum absolute atomic E-state index is 9.19. The van der Waals surface area contributed by atoms with E-state index >= 15 is 0 Å². The molecule has 0 spiro atoms. The normalized spacial score (nSPS) is 17.0. The van der Waals surface area contributed by atoms with E-state index in [1.54, 1.807) is 0 Å². The Morgan fingerprint density at radius 2 is 1.58 bits per heavy atom. The van der Waals surface area contributed by atoms with Crippen LogP contribution in [0, 0.1) is 0 Å². The second-order valence-corrected chi connectivity index (χ2v) is 6.59. The largest absolute Gasteiger partial charge is 0.396 e. The zero-order valence-corrected chi connectivity index (χ0v) is 14.3. The first-order valence-corrected chi connectivity index (χ1v) is 9.08. The smallest absolute Gasteiger partial charge is 0.0431 e. The number of piperidine rings is 1. The van der Waals surface area contributed by atoms with Gasteiger partial charge in [0.05, 0.1) is 0 Å². The molecule has 0 bridgehead atoms. The van der Waals surface area contributed by atoms with Crippen molar-refractivity contribution in [2.75, 3.05) is 24.6 Å². The maximum atomic E-state index is 9.19. The minimum Gasteiger partial charge on any atom is -0.396 e. The third-order valence-corrected chi connectivity index (χ3v) is 4.91. The summed E-state index contributed by atoms with van der Waals surface area (Å²) in [5, 5.41) is 13.0. The Hall–Kier alpha value is -1.84. The second-order valence-electron chi connectivity index (χ2n) is 6.59.